The summed E-state index contributed by atoms with van der Waals surface area (Å²) in [5.74, 6) is 3.41. The molecule has 4 nitrogen and oxygen atoms in total. The van der Waals surface area contributed by atoms with Gasteiger partial charge in [0.15, 0.2) is 5.60 Å². The molecule has 1 heterocycles. The second kappa shape index (κ2) is 4.08. The molecule has 0 amide bonds. The molecule has 1 unspecified atom stereocenters. The van der Waals surface area contributed by atoms with Crippen molar-refractivity contribution in [3.8, 4) is 6.07 Å². The highest BCUT2D eigenvalue weighted by Gasteiger charge is 2.49. The van der Waals surface area contributed by atoms with E-state index in [4.69, 9.17) is 5.26 Å². The predicted molar refractivity (Wildman–Crippen MR) is 73.5 cm³/mol. The van der Waals surface area contributed by atoms with Gasteiger partial charge in [0.05, 0.1) is 12.2 Å². The zero-order valence-electron chi connectivity index (χ0n) is 11.9. The van der Waals surface area contributed by atoms with E-state index in [2.05, 4.69) is 5.10 Å². The SMILES string of the molecule is CC(O)(C#N)c1cnn(C2C3CC4CC(C3)CC2C4)c1. The van der Waals surface area contributed by atoms with Gasteiger partial charge in [0, 0.05) is 11.8 Å². The maximum absolute atomic E-state index is 10.0. The summed E-state index contributed by atoms with van der Waals surface area (Å²) in [5.41, 5.74) is -0.807. The Kier molecular flexibility index (Phi) is 2.53. The van der Waals surface area contributed by atoms with Gasteiger partial charge in [-0.3, -0.25) is 4.68 Å². The van der Waals surface area contributed by atoms with E-state index < -0.39 is 5.60 Å². The number of aliphatic hydroxyl groups is 1. The summed E-state index contributed by atoms with van der Waals surface area (Å²) in [7, 11) is 0. The fraction of sp³-hybridized carbons (Fsp3) is 0.750. The highest BCUT2D eigenvalue weighted by Crippen LogP contribution is 2.58. The lowest BCUT2D eigenvalue weighted by Gasteiger charge is -2.54. The first-order chi connectivity index (χ1) is 9.56. The fourth-order valence-corrected chi connectivity index (χ4v) is 5.15. The lowest BCUT2D eigenvalue weighted by molar-refractivity contribution is -0.0337. The largest absolute Gasteiger partial charge is 0.372 e. The van der Waals surface area contributed by atoms with Crippen LogP contribution in [-0.4, -0.2) is 14.9 Å². The molecule has 0 saturated heterocycles. The van der Waals surface area contributed by atoms with Crippen LogP contribution in [0.3, 0.4) is 0 Å². The Morgan fingerprint density at radius 1 is 1.25 bits per heavy atom. The normalized spacial score (nSPS) is 41.4. The van der Waals surface area contributed by atoms with E-state index >= 15 is 0 Å². The summed E-state index contributed by atoms with van der Waals surface area (Å²) in [5, 5.41) is 23.6. The Balaban J connectivity index is 1.64. The van der Waals surface area contributed by atoms with Crippen molar-refractivity contribution < 1.29 is 5.11 Å². The van der Waals surface area contributed by atoms with Crippen LogP contribution in [0, 0.1) is 35.0 Å². The van der Waals surface area contributed by atoms with E-state index in [9.17, 15) is 5.11 Å². The fourth-order valence-electron chi connectivity index (χ4n) is 5.15. The van der Waals surface area contributed by atoms with Crippen molar-refractivity contribution in [2.24, 2.45) is 23.7 Å². The van der Waals surface area contributed by atoms with Crippen LogP contribution in [0.2, 0.25) is 0 Å². The molecule has 4 saturated carbocycles. The highest BCUT2D eigenvalue weighted by molar-refractivity contribution is 5.22. The van der Waals surface area contributed by atoms with Crippen LogP contribution < -0.4 is 0 Å². The zero-order chi connectivity index (χ0) is 13.9. The number of hydrogen-bond acceptors (Lipinski definition) is 3. The molecule has 4 fully saturated rings. The summed E-state index contributed by atoms with van der Waals surface area (Å²) < 4.78 is 2.05. The molecular weight excluding hydrogens is 250 g/mol. The van der Waals surface area contributed by atoms with Crippen LogP contribution in [0.1, 0.15) is 50.6 Å². The predicted octanol–water partition coefficient (Wildman–Crippen LogP) is 2.61. The number of aromatic nitrogens is 2. The monoisotopic (exact) mass is 271 g/mol. The molecule has 5 rings (SSSR count). The molecule has 4 aliphatic rings. The lowest BCUT2D eigenvalue weighted by atomic mass is 9.54. The van der Waals surface area contributed by atoms with Gasteiger partial charge in [-0.25, -0.2) is 0 Å². The van der Waals surface area contributed by atoms with Crippen LogP contribution >= 0.6 is 0 Å². The molecule has 0 aliphatic heterocycles. The van der Waals surface area contributed by atoms with Gasteiger partial charge in [-0.2, -0.15) is 10.4 Å². The second-order valence-corrected chi connectivity index (χ2v) is 7.31. The van der Waals surface area contributed by atoms with Crippen molar-refractivity contribution in [1.29, 1.82) is 5.26 Å². The van der Waals surface area contributed by atoms with E-state index in [1.54, 1.807) is 6.20 Å². The summed E-state index contributed by atoms with van der Waals surface area (Å²) in [6.07, 6.45) is 10.4. The molecule has 106 valence electrons. The molecule has 1 aromatic heterocycles. The minimum atomic E-state index is -1.43. The van der Waals surface area contributed by atoms with Crippen molar-refractivity contribution in [1.82, 2.24) is 9.78 Å². The van der Waals surface area contributed by atoms with Crippen LogP contribution in [-0.2, 0) is 5.60 Å². The summed E-state index contributed by atoms with van der Waals surface area (Å²) >= 11 is 0. The Hall–Kier alpha value is -1.34. The zero-order valence-corrected chi connectivity index (χ0v) is 11.9. The standard InChI is InChI=1S/C16H21N3O/c1-16(20,9-17)14-7-18-19(8-14)15-12-3-10-2-11(5-12)6-13(15)4-10/h7-8,10-13,15,20H,2-6H2,1H3. The number of hydrogen-bond donors (Lipinski definition) is 1. The molecular formula is C16H21N3O. The van der Waals surface area contributed by atoms with E-state index in [1.807, 2.05) is 16.9 Å². The van der Waals surface area contributed by atoms with Gasteiger partial charge in [0.25, 0.3) is 0 Å². The Labute approximate surface area is 119 Å². The molecule has 4 heteroatoms. The van der Waals surface area contributed by atoms with Crippen LogP contribution in [0.5, 0.6) is 0 Å². The lowest BCUT2D eigenvalue weighted by Crippen LogP contribution is -2.46. The topological polar surface area (TPSA) is 61.8 Å². The van der Waals surface area contributed by atoms with Gasteiger partial charge in [-0.1, -0.05) is 0 Å². The third-order valence-corrected chi connectivity index (χ3v) is 5.86. The Morgan fingerprint density at radius 2 is 1.85 bits per heavy atom. The summed E-state index contributed by atoms with van der Waals surface area (Å²) in [6.45, 7) is 1.53. The molecule has 4 bridgehead atoms. The second-order valence-electron chi connectivity index (χ2n) is 7.31. The summed E-state index contributed by atoms with van der Waals surface area (Å²) in [4.78, 5) is 0. The van der Waals surface area contributed by atoms with Crippen molar-refractivity contribution in [2.75, 3.05) is 0 Å². The average molecular weight is 271 g/mol. The maximum atomic E-state index is 10.0. The van der Waals surface area contributed by atoms with Gasteiger partial charge in [0.1, 0.15) is 6.07 Å². The third kappa shape index (κ3) is 1.73. The van der Waals surface area contributed by atoms with Gasteiger partial charge in [0.2, 0.25) is 0 Å². The van der Waals surface area contributed by atoms with Crippen molar-refractivity contribution >= 4 is 0 Å². The Bertz CT molecular complexity index is 541. The molecule has 1 N–H and O–H groups in total. The highest BCUT2D eigenvalue weighted by atomic mass is 16.3. The van der Waals surface area contributed by atoms with E-state index in [0.717, 1.165) is 23.7 Å². The number of nitrogens with zero attached hydrogens (tertiary/aromatic N) is 3. The molecule has 0 spiro atoms. The first-order valence-corrected chi connectivity index (χ1v) is 7.75. The van der Waals surface area contributed by atoms with Gasteiger partial charge < -0.3 is 5.11 Å². The van der Waals surface area contributed by atoms with Crippen LogP contribution in [0.15, 0.2) is 12.4 Å². The molecule has 1 aromatic rings. The average Bonchev–Trinajstić information content (AvgIpc) is 2.88. The quantitative estimate of drug-likeness (QED) is 0.841. The van der Waals surface area contributed by atoms with Gasteiger partial charge in [-0.15, -0.1) is 0 Å². The van der Waals surface area contributed by atoms with Gasteiger partial charge in [-0.05, 0) is 62.7 Å². The van der Waals surface area contributed by atoms with Crippen molar-refractivity contribution in [3.05, 3.63) is 18.0 Å². The molecule has 0 radical (unpaired) electrons. The smallest absolute Gasteiger partial charge is 0.176 e. The first-order valence-electron chi connectivity index (χ1n) is 7.75. The molecule has 0 aromatic carbocycles. The minimum Gasteiger partial charge on any atom is -0.372 e. The van der Waals surface area contributed by atoms with Gasteiger partial charge >= 0.3 is 0 Å². The molecule has 4 aliphatic carbocycles. The van der Waals surface area contributed by atoms with Crippen molar-refractivity contribution in [2.45, 2.75) is 50.7 Å². The van der Waals surface area contributed by atoms with Crippen molar-refractivity contribution in [3.63, 3.8) is 0 Å². The maximum Gasteiger partial charge on any atom is 0.176 e. The molecule has 1 atom stereocenters. The van der Waals surface area contributed by atoms with Crippen LogP contribution in [0.25, 0.3) is 0 Å². The van der Waals surface area contributed by atoms with Crippen LogP contribution in [0.4, 0.5) is 0 Å². The number of rotatable bonds is 2. The van der Waals surface area contributed by atoms with E-state index in [1.165, 1.54) is 39.0 Å². The number of nitriles is 1. The van der Waals surface area contributed by atoms with E-state index in [0.29, 0.717) is 11.6 Å². The van der Waals surface area contributed by atoms with E-state index in [-0.39, 0.29) is 0 Å². The minimum absolute atomic E-state index is 0.492. The summed E-state index contributed by atoms with van der Waals surface area (Å²) in [6, 6.07) is 2.43. The molecule has 20 heavy (non-hydrogen) atoms. The third-order valence-electron chi connectivity index (χ3n) is 5.86. The Morgan fingerprint density at radius 3 is 2.40 bits per heavy atom. The first kappa shape index (κ1) is 12.4.